The summed E-state index contributed by atoms with van der Waals surface area (Å²) in [5, 5.41) is 6.69. The molecule has 0 aliphatic carbocycles. The molecule has 3 atom stereocenters. The van der Waals surface area contributed by atoms with E-state index in [9.17, 15) is 4.79 Å². The minimum Gasteiger partial charge on any atom is -0.497 e. The average molecular weight is 554 g/mol. The Hall–Kier alpha value is -2.81. The lowest BCUT2D eigenvalue weighted by molar-refractivity contribution is -0.130. The molecule has 0 saturated carbocycles. The number of hydrogen-bond acceptors (Lipinski definition) is 7. The molecule has 1 fully saturated rings. The van der Waals surface area contributed by atoms with Gasteiger partial charge in [0.1, 0.15) is 18.1 Å². The van der Waals surface area contributed by atoms with Crippen LogP contribution in [-0.2, 0) is 20.9 Å². The Morgan fingerprint density at radius 3 is 2.70 bits per heavy atom. The maximum absolute atomic E-state index is 12.7. The number of fused-ring (bicyclic) bond motifs is 1. The average Bonchev–Trinajstić information content (AvgIpc) is 2.96. The van der Waals surface area contributed by atoms with Crippen LogP contribution in [0.5, 0.6) is 11.5 Å². The Balaban J connectivity index is 1.46. The van der Waals surface area contributed by atoms with Gasteiger partial charge in [0.2, 0.25) is 5.91 Å². The van der Waals surface area contributed by atoms with E-state index >= 15 is 0 Å². The summed E-state index contributed by atoms with van der Waals surface area (Å²) in [4.78, 5) is 15.1. The lowest BCUT2D eigenvalue weighted by Crippen LogP contribution is -2.50. The minimum absolute atomic E-state index is 0.00214. The van der Waals surface area contributed by atoms with Gasteiger partial charge in [-0.2, -0.15) is 0 Å². The highest BCUT2D eigenvalue weighted by atomic mass is 16.5. The molecule has 2 aromatic rings. The Labute approximate surface area is 239 Å². The minimum atomic E-state index is -0.452. The number of hydrogen-bond donors (Lipinski definition) is 2. The van der Waals surface area contributed by atoms with Crippen molar-refractivity contribution in [2.75, 3.05) is 58.5 Å². The quantitative estimate of drug-likeness (QED) is 0.353. The fraction of sp³-hybridized carbons (Fsp3) is 0.594. The van der Waals surface area contributed by atoms with Gasteiger partial charge in [0.05, 0.1) is 32.1 Å². The number of carbonyl (C=O) groups excluding carboxylic acids is 1. The number of ether oxygens (including phenoxy) is 4. The fourth-order valence-corrected chi connectivity index (χ4v) is 5.85. The predicted molar refractivity (Wildman–Crippen MR) is 158 cm³/mol. The van der Waals surface area contributed by atoms with Crippen molar-refractivity contribution in [3.05, 3.63) is 53.6 Å². The molecule has 0 bridgehead atoms. The summed E-state index contributed by atoms with van der Waals surface area (Å²) in [6, 6.07) is 14.9. The second-order valence-corrected chi connectivity index (χ2v) is 11.5. The van der Waals surface area contributed by atoms with Crippen molar-refractivity contribution in [2.24, 2.45) is 5.41 Å². The second-order valence-electron chi connectivity index (χ2n) is 11.5. The van der Waals surface area contributed by atoms with E-state index < -0.39 is 5.41 Å². The molecule has 1 unspecified atom stereocenters. The zero-order valence-electron chi connectivity index (χ0n) is 24.8. The van der Waals surface area contributed by atoms with Crippen molar-refractivity contribution in [2.45, 2.75) is 64.7 Å². The molecule has 0 radical (unpaired) electrons. The molecule has 220 valence electrons. The maximum atomic E-state index is 12.7. The molecule has 1 amide bonds. The van der Waals surface area contributed by atoms with Gasteiger partial charge < -0.3 is 34.5 Å². The normalized spacial score (nSPS) is 20.9. The van der Waals surface area contributed by atoms with Crippen molar-refractivity contribution in [1.82, 2.24) is 10.6 Å². The van der Waals surface area contributed by atoms with Gasteiger partial charge in [-0.3, -0.25) is 4.79 Å². The summed E-state index contributed by atoms with van der Waals surface area (Å²) in [5.41, 5.74) is 3.04. The molecule has 8 heteroatoms. The molecule has 2 aliphatic rings. The van der Waals surface area contributed by atoms with Crippen LogP contribution in [0.3, 0.4) is 0 Å². The van der Waals surface area contributed by atoms with Gasteiger partial charge in [-0.15, -0.1) is 0 Å². The smallest absolute Gasteiger partial charge is 0.225 e. The standard InChI is InChI=1S/C32H47N3O5/c1-6-33-31(36)32(2,3)20-25-19-27(24-9-11-26(38-5)12-10-24)30(21-34-25)40-22-23-8-13-29-28(18-23)35(15-17-39-29)14-7-16-37-4/h8-13,18,25,27,30,34H,6-7,14-17,19-22H2,1-5H3,(H,33,36)/t25?,27-,30+/m1/s1. The first-order valence-corrected chi connectivity index (χ1v) is 14.6. The summed E-state index contributed by atoms with van der Waals surface area (Å²) in [6.07, 6.45) is 2.64. The van der Waals surface area contributed by atoms with E-state index in [1.54, 1.807) is 14.2 Å². The van der Waals surface area contributed by atoms with E-state index in [1.165, 1.54) is 5.56 Å². The van der Waals surface area contributed by atoms with E-state index in [4.69, 9.17) is 18.9 Å². The second kappa shape index (κ2) is 14.2. The predicted octanol–water partition coefficient (Wildman–Crippen LogP) is 4.51. The van der Waals surface area contributed by atoms with Crippen LogP contribution < -0.4 is 25.0 Å². The molecule has 0 aromatic heterocycles. The topological polar surface area (TPSA) is 81.3 Å². The first-order chi connectivity index (χ1) is 19.3. The number of nitrogens with one attached hydrogen (secondary N) is 2. The zero-order chi connectivity index (χ0) is 28.5. The third-order valence-electron chi connectivity index (χ3n) is 8.07. The number of benzene rings is 2. The van der Waals surface area contributed by atoms with E-state index in [1.807, 2.05) is 32.9 Å². The Bertz CT molecular complexity index is 1090. The molecule has 2 heterocycles. The molecule has 8 nitrogen and oxygen atoms in total. The van der Waals surface area contributed by atoms with Crippen LogP contribution in [0, 0.1) is 5.41 Å². The number of nitrogens with zero attached hydrogens (tertiary/aromatic N) is 1. The molecule has 2 N–H and O–H groups in total. The fourth-order valence-electron chi connectivity index (χ4n) is 5.85. The van der Waals surface area contributed by atoms with Crippen molar-refractivity contribution in [1.29, 1.82) is 0 Å². The number of anilines is 1. The highest BCUT2D eigenvalue weighted by Crippen LogP contribution is 2.37. The maximum Gasteiger partial charge on any atom is 0.225 e. The van der Waals surface area contributed by atoms with Gasteiger partial charge in [-0.1, -0.05) is 32.0 Å². The molecule has 2 aliphatic heterocycles. The van der Waals surface area contributed by atoms with E-state index in [0.717, 1.165) is 68.3 Å². The summed E-state index contributed by atoms with van der Waals surface area (Å²) in [5.74, 6) is 2.08. The van der Waals surface area contributed by atoms with Gasteiger partial charge in [-0.25, -0.2) is 0 Å². The van der Waals surface area contributed by atoms with Gasteiger partial charge >= 0.3 is 0 Å². The van der Waals surface area contributed by atoms with Gasteiger partial charge in [-0.05, 0) is 61.6 Å². The van der Waals surface area contributed by atoms with Crippen molar-refractivity contribution in [3.8, 4) is 11.5 Å². The summed E-state index contributed by atoms with van der Waals surface area (Å²) in [6.45, 7) is 11.2. The van der Waals surface area contributed by atoms with Crippen LogP contribution in [0.2, 0.25) is 0 Å². The monoisotopic (exact) mass is 553 g/mol. The lowest BCUT2D eigenvalue weighted by Gasteiger charge is -2.40. The van der Waals surface area contributed by atoms with Crippen LogP contribution in [-0.4, -0.2) is 71.7 Å². The number of methoxy groups -OCH3 is 2. The van der Waals surface area contributed by atoms with Crippen molar-refractivity contribution >= 4 is 11.6 Å². The van der Waals surface area contributed by atoms with Crippen LogP contribution in [0.4, 0.5) is 5.69 Å². The molecule has 40 heavy (non-hydrogen) atoms. The molecular weight excluding hydrogens is 506 g/mol. The highest BCUT2D eigenvalue weighted by molar-refractivity contribution is 5.81. The SMILES string of the molecule is CCNC(=O)C(C)(C)CC1C[C@H](c2ccc(OC)cc2)[C@@H](OCc2ccc3c(c2)N(CCCOC)CCO3)CN1. The van der Waals surface area contributed by atoms with E-state index in [2.05, 4.69) is 45.9 Å². The van der Waals surface area contributed by atoms with Crippen LogP contribution in [0.1, 0.15) is 57.1 Å². The first kappa shape index (κ1) is 30.2. The van der Waals surface area contributed by atoms with E-state index in [0.29, 0.717) is 19.8 Å². The molecule has 2 aromatic carbocycles. The Kier molecular flexibility index (Phi) is 10.7. The van der Waals surface area contributed by atoms with E-state index in [-0.39, 0.29) is 24.0 Å². The number of carbonyl (C=O) groups is 1. The van der Waals surface area contributed by atoms with Crippen molar-refractivity contribution < 1.29 is 23.7 Å². The summed E-state index contributed by atoms with van der Waals surface area (Å²) >= 11 is 0. The summed E-state index contributed by atoms with van der Waals surface area (Å²) < 4.78 is 23.2. The summed E-state index contributed by atoms with van der Waals surface area (Å²) in [7, 11) is 3.43. The van der Waals surface area contributed by atoms with Gasteiger partial charge in [0, 0.05) is 50.7 Å². The number of rotatable bonds is 13. The molecular formula is C32H47N3O5. The largest absolute Gasteiger partial charge is 0.497 e. The highest BCUT2D eigenvalue weighted by Gasteiger charge is 2.37. The van der Waals surface area contributed by atoms with Crippen LogP contribution in [0.25, 0.3) is 0 Å². The van der Waals surface area contributed by atoms with Crippen molar-refractivity contribution in [3.63, 3.8) is 0 Å². The number of amides is 1. The van der Waals surface area contributed by atoms with Gasteiger partial charge in [0.25, 0.3) is 0 Å². The number of piperidine rings is 1. The van der Waals surface area contributed by atoms with Crippen LogP contribution in [0.15, 0.2) is 42.5 Å². The molecule has 0 spiro atoms. The molecule has 4 rings (SSSR count). The zero-order valence-corrected chi connectivity index (χ0v) is 24.8. The van der Waals surface area contributed by atoms with Gasteiger partial charge in [0.15, 0.2) is 0 Å². The molecule has 1 saturated heterocycles. The third-order valence-corrected chi connectivity index (χ3v) is 8.07. The van der Waals surface area contributed by atoms with Crippen LogP contribution >= 0.6 is 0 Å². The lowest BCUT2D eigenvalue weighted by atomic mass is 9.77. The Morgan fingerprint density at radius 1 is 1.18 bits per heavy atom. The Morgan fingerprint density at radius 2 is 1.98 bits per heavy atom. The third kappa shape index (κ3) is 7.68. The first-order valence-electron chi connectivity index (χ1n) is 14.6.